The Kier molecular flexibility index (Phi) is 7.03. The van der Waals surface area contributed by atoms with Crippen LogP contribution in [0, 0.1) is 13.8 Å². The molecule has 1 amide bonds. The average molecular weight is 421 g/mol. The van der Waals surface area contributed by atoms with E-state index < -0.39 is 0 Å². The third-order valence-corrected chi connectivity index (χ3v) is 4.21. The molecule has 2 N–H and O–H groups in total. The lowest BCUT2D eigenvalue weighted by Gasteiger charge is -2.08. The summed E-state index contributed by atoms with van der Waals surface area (Å²) in [7, 11) is 0. The number of halogens is 1. The van der Waals surface area contributed by atoms with Gasteiger partial charge in [0.05, 0.1) is 17.3 Å². The first-order chi connectivity index (χ1) is 12.4. The number of hydrogen-bond acceptors (Lipinski definition) is 5. The summed E-state index contributed by atoms with van der Waals surface area (Å²) in [5.74, 6) is 0.626. The van der Waals surface area contributed by atoms with Gasteiger partial charge in [-0.1, -0.05) is 6.07 Å². The summed E-state index contributed by atoms with van der Waals surface area (Å²) in [6, 6.07) is 8.94. The van der Waals surface area contributed by atoms with E-state index in [4.69, 9.17) is 9.47 Å². The number of hydrogen-bond donors (Lipinski definition) is 2. The Morgan fingerprint density at radius 1 is 1.23 bits per heavy atom. The summed E-state index contributed by atoms with van der Waals surface area (Å²) in [5, 5.41) is 13.8. The number of hydrazone groups is 1. The number of nitrogens with zero attached hydrogens (tertiary/aromatic N) is 1. The van der Waals surface area contributed by atoms with Gasteiger partial charge in [0.2, 0.25) is 0 Å². The zero-order valence-corrected chi connectivity index (χ0v) is 16.5. The fraction of sp³-hybridized carbons (Fsp3) is 0.263. The first-order valence-corrected chi connectivity index (χ1v) is 8.87. The molecule has 26 heavy (non-hydrogen) atoms. The maximum atomic E-state index is 11.8. The average Bonchev–Trinajstić information content (AvgIpc) is 2.60. The zero-order chi connectivity index (χ0) is 19.1. The van der Waals surface area contributed by atoms with E-state index in [1.165, 1.54) is 6.21 Å². The van der Waals surface area contributed by atoms with Gasteiger partial charge in [0, 0.05) is 0 Å². The Morgan fingerprint density at radius 2 is 2.00 bits per heavy atom. The van der Waals surface area contributed by atoms with E-state index in [0.717, 1.165) is 11.1 Å². The minimum atomic E-state index is -0.373. The summed E-state index contributed by atoms with van der Waals surface area (Å²) < 4.78 is 11.3. The van der Waals surface area contributed by atoms with Crippen molar-refractivity contribution < 1.29 is 19.4 Å². The van der Waals surface area contributed by atoms with Crippen molar-refractivity contribution >= 4 is 28.1 Å². The maximum absolute atomic E-state index is 11.8. The number of phenolic OH excluding ortho intramolecular Hbond substituents is 1. The highest BCUT2D eigenvalue weighted by Crippen LogP contribution is 2.35. The lowest BCUT2D eigenvalue weighted by atomic mass is 10.1. The van der Waals surface area contributed by atoms with Gasteiger partial charge in [-0.25, -0.2) is 5.43 Å². The first-order valence-electron chi connectivity index (χ1n) is 8.08. The molecule has 2 rings (SSSR count). The Balaban J connectivity index is 1.91. The number of benzene rings is 2. The highest BCUT2D eigenvalue weighted by Gasteiger charge is 2.08. The molecular weight excluding hydrogens is 400 g/mol. The molecule has 6 nitrogen and oxygen atoms in total. The fourth-order valence-electron chi connectivity index (χ4n) is 2.10. The molecule has 0 radical (unpaired) electrons. The lowest BCUT2D eigenvalue weighted by molar-refractivity contribution is -0.123. The van der Waals surface area contributed by atoms with E-state index in [0.29, 0.717) is 28.1 Å². The van der Waals surface area contributed by atoms with Crippen LogP contribution in [-0.4, -0.2) is 30.4 Å². The molecule has 2 aromatic rings. The van der Waals surface area contributed by atoms with Crippen LogP contribution in [0.4, 0.5) is 0 Å². The van der Waals surface area contributed by atoms with Crippen LogP contribution in [0.15, 0.2) is 39.9 Å². The minimum Gasteiger partial charge on any atom is -0.503 e. The van der Waals surface area contributed by atoms with E-state index in [-0.39, 0.29) is 18.3 Å². The fourth-order valence-corrected chi connectivity index (χ4v) is 2.56. The van der Waals surface area contributed by atoms with Crippen molar-refractivity contribution in [2.75, 3.05) is 13.2 Å². The van der Waals surface area contributed by atoms with Crippen LogP contribution in [0.3, 0.4) is 0 Å². The number of phenols is 1. The Bertz CT molecular complexity index is 821. The molecule has 0 aliphatic carbocycles. The molecule has 0 aliphatic rings. The van der Waals surface area contributed by atoms with Gasteiger partial charge in [-0.05, 0) is 77.7 Å². The number of nitrogens with one attached hydrogen (secondary N) is 1. The van der Waals surface area contributed by atoms with Crippen molar-refractivity contribution in [3.05, 3.63) is 51.5 Å². The molecule has 0 aromatic heterocycles. The molecule has 0 unspecified atom stereocenters. The normalized spacial score (nSPS) is 10.8. The SMILES string of the molecule is CCOc1cc(/C=N/NC(=O)COc2ccc(C)c(C)c2)cc(Br)c1O. The number of ether oxygens (including phenoxy) is 2. The summed E-state index contributed by atoms with van der Waals surface area (Å²) in [6.45, 7) is 6.11. The monoisotopic (exact) mass is 420 g/mol. The van der Waals surface area contributed by atoms with E-state index in [1.54, 1.807) is 12.1 Å². The number of rotatable bonds is 7. The van der Waals surface area contributed by atoms with Crippen LogP contribution >= 0.6 is 15.9 Å². The zero-order valence-electron chi connectivity index (χ0n) is 14.9. The molecule has 0 fully saturated rings. The van der Waals surface area contributed by atoms with Crippen LogP contribution in [0.1, 0.15) is 23.6 Å². The summed E-state index contributed by atoms with van der Waals surface area (Å²) >= 11 is 3.25. The first kappa shape index (κ1) is 19.8. The molecule has 138 valence electrons. The largest absolute Gasteiger partial charge is 0.503 e. The summed E-state index contributed by atoms with van der Waals surface area (Å²) in [5.41, 5.74) is 5.33. The van der Waals surface area contributed by atoms with Gasteiger partial charge < -0.3 is 14.6 Å². The van der Waals surface area contributed by atoms with E-state index in [9.17, 15) is 9.90 Å². The second-order valence-corrected chi connectivity index (χ2v) is 6.46. The van der Waals surface area contributed by atoms with Crippen LogP contribution in [0.5, 0.6) is 17.2 Å². The standard InChI is InChI=1S/C19H21BrN2O4/c1-4-25-17-9-14(8-16(20)19(17)24)10-21-22-18(23)11-26-15-6-5-12(2)13(3)7-15/h5-10,24H,4,11H2,1-3H3,(H,22,23)/b21-10+. The molecule has 2 aromatic carbocycles. The van der Waals surface area contributed by atoms with Crippen molar-refractivity contribution in [3.8, 4) is 17.2 Å². The van der Waals surface area contributed by atoms with E-state index in [1.807, 2.05) is 39.0 Å². The van der Waals surface area contributed by atoms with Crippen molar-refractivity contribution in [2.45, 2.75) is 20.8 Å². The van der Waals surface area contributed by atoms with Gasteiger partial charge in [-0.2, -0.15) is 5.10 Å². The lowest BCUT2D eigenvalue weighted by Crippen LogP contribution is -2.24. The minimum absolute atomic E-state index is 0.0230. The van der Waals surface area contributed by atoms with Crippen LogP contribution in [0.2, 0.25) is 0 Å². The third kappa shape index (κ3) is 5.49. The number of carbonyl (C=O) groups is 1. The van der Waals surface area contributed by atoms with Crippen molar-refractivity contribution in [1.82, 2.24) is 5.43 Å². The predicted octanol–water partition coefficient (Wildman–Crippen LogP) is 3.70. The predicted molar refractivity (Wildman–Crippen MR) is 104 cm³/mol. The molecule has 0 saturated heterocycles. The molecule has 0 atom stereocenters. The number of amides is 1. The molecule has 0 spiro atoms. The molecule has 0 aliphatic heterocycles. The van der Waals surface area contributed by atoms with Gasteiger partial charge in [0.1, 0.15) is 5.75 Å². The molecular formula is C19H21BrN2O4. The van der Waals surface area contributed by atoms with Gasteiger partial charge in [0.15, 0.2) is 18.1 Å². The Hall–Kier alpha value is -2.54. The highest BCUT2D eigenvalue weighted by molar-refractivity contribution is 9.10. The molecule has 0 heterocycles. The van der Waals surface area contributed by atoms with Crippen molar-refractivity contribution in [2.24, 2.45) is 5.10 Å². The molecule has 7 heteroatoms. The third-order valence-electron chi connectivity index (χ3n) is 3.60. The van der Waals surface area contributed by atoms with Crippen LogP contribution in [0.25, 0.3) is 0 Å². The van der Waals surface area contributed by atoms with E-state index >= 15 is 0 Å². The summed E-state index contributed by atoms with van der Waals surface area (Å²) in [6.07, 6.45) is 1.46. The van der Waals surface area contributed by atoms with Gasteiger partial charge >= 0.3 is 0 Å². The van der Waals surface area contributed by atoms with Crippen LogP contribution < -0.4 is 14.9 Å². The quantitative estimate of drug-likeness (QED) is 0.528. The van der Waals surface area contributed by atoms with Crippen molar-refractivity contribution in [1.29, 1.82) is 0 Å². The van der Waals surface area contributed by atoms with Gasteiger partial charge in [0.25, 0.3) is 5.91 Å². The topological polar surface area (TPSA) is 80.2 Å². The second kappa shape index (κ2) is 9.24. The maximum Gasteiger partial charge on any atom is 0.277 e. The van der Waals surface area contributed by atoms with E-state index in [2.05, 4.69) is 26.5 Å². The smallest absolute Gasteiger partial charge is 0.277 e. The molecule has 0 bridgehead atoms. The Morgan fingerprint density at radius 3 is 2.69 bits per heavy atom. The number of carbonyl (C=O) groups excluding carboxylic acids is 1. The Labute approximate surface area is 161 Å². The number of aryl methyl sites for hydroxylation is 2. The molecule has 0 saturated carbocycles. The highest BCUT2D eigenvalue weighted by atomic mass is 79.9. The second-order valence-electron chi connectivity index (χ2n) is 5.61. The van der Waals surface area contributed by atoms with Gasteiger partial charge in [-0.15, -0.1) is 0 Å². The van der Waals surface area contributed by atoms with Crippen molar-refractivity contribution in [3.63, 3.8) is 0 Å². The van der Waals surface area contributed by atoms with Crippen LogP contribution in [-0.2, 0) is 4.79 Å². The number of aromatic hydroxyl groups is 1. The summed E-state index contributed by atoms with van der Waals surface area (Å²) in [4.78, 5) is 11.8. The van der Waals surface area contributed by atoms with Gasteiger partial charge in [-0.3, -0.25) is 4.79 Å².